The molecule has 1 N–H and O–H groups in total. The first-order valence-corrected chi connectivity index (χ1v) is 9.06. The quantitative estimate of drug-likeness (QED) is 0.904. The third-order valence-electron chi connectivity index (χ3n) is 4.35. The third kappa shape index (κ3) is 3.67. The van der Waals surface area contributed by atoms with Gasteiger partial charge in [0.15, 0.2) is 0 Å². The second-order valence-corrected chi connectivity index (χ2v) is 8.56. The molecule has 0 atom stereocenters. The van der Waals surface area contributed by atoms with Crippen LogP contribution in [-0.2, 0) is 23.6 Å². The van der Waals surface area contributed by atoms with E-state index in [-0.39, 0.29) is 5.41 Å². The summed E-state index contributed by atoms with van der Waals surface area (Å²) in [5.74, 6) is 0. The average Bonchev–Trinajstić information content (AvgIpc) is 2.78. The highest BCUT2D eigenvalue weighted by Crippen LogP contribution is 2.32. The van der Waals surface area contributed by atoms with Crippen molar-refractivity contribution in [3.05, 3.63) is 18.0 Å². The Kier molecular flexibility index (Phi) is 4.80. The lowest BCUT2D eigenvalue weighted by Gasteiger charge is -2.35. The zero-order valence-electron chi connectivity index (χ0n) is 13.5. The number of nitrogens with one attached hydrogen (secondary N) is 1. The van der Waals surface area contributed by atoms with E-state index in [4.69, 9.17) is 0 Å². The van der Waals surface area contributed by atoms with E-state index >= 15 is 0 Å². The molecule has 1 aliphatic rings. The lowest BCUT2D eigenvalue weighted by molar-refractivity contribution is 0.196. The first kappa shape index (κ1) is 16.5. The fraction of sp³-hybridized carbons (Fsp3) is 0.733. The molecule has 5 nitrogen and oxygen atoms in total. The predicted octanol–water partition coefficient (Wildman–Crippen LogP) is 1.95. The van der Waals surface area contributed by atoms with Crippen molar-refractivity contribution in [2.45, 2.75) is 45.1 Å². The number of aromatic nitrogens is 1. The Balaban J connectivity index is 2.16. The van der Waals surface area contributed by atoms with Crippen LogP contribution < -0.4 is 5.32 Å². The van der Waals surface area contributed by atoms with Gasteiger partial charge >= 0.3 is 0 Å². The number of hydrogen-bond donors (Lipinski definition) is 1. The fourth-order valence-electron chi connectivity index (χ4n) is 2.63. The lowest BCUT2D eigenvalue weighted by Crippen LogP contribution is -2.40. The zero-order chi connectivity index (χ0) is 15.7. The van der Waals surface area contributed by atoms with Gasteiger partial charge in [-0.25, -0.2) is 8.42 Å². The van der Waals surface area contributed by atoms with Crippen molar-refractivity contribution < 1.29 is 8.42 Å². The minimum Gasteiger partial charge on any atom is -0.352 e. The molecule has 2 heterocycles. The van der Waals surface area contributed by atoms with E-state index in [0.717, 1.165) is 25.1 Å². The molecule has 0 spiro atoms. The fourth-order valence-corrected chi connectivity index (χ4v) is 4.17. The number of piperidine rings is 1. The smallest absolute Gasteiger partial charge is 0.244 e. The van der Waals surface area contributed by atoms with Gasteiger partial charge in [-0.1, -0.05) is 20.8 Å². The normalized spacial score (nSPS) is 19.8. The van der Waals surface area contributed by atoms with Crippen LogP contribution in [0.15, 0.2) is 17.2 Å². The molecule has 1 saturated heterocycles. The Morgan fingerprint density at radius 3 is 2.48 bits per heavy atom. The Labute approximate surface area is 128 Å². The molecule has 2 rings (SSSR count). The van der Waals surface area contributed by atoms with Crippen molar-refractivity contribution in [1.82, 2.24) is 14.2 Å². The summed E-state index contributed by atoms with van der Waals surface area (Å²) in [5.41, 5.74) is 1.24. The largest absolute Gasteiger partial charge is 0.352 e. The van der Waals surface area contributed by atoms with Crippen LogP contribution in [0, 0.1) is 5.41 Å². The van der Waals surface area contributed by atoms with Crippen LogP contribution in [0.25, 0.3) is 0 Å². The number of hydrogen-bond acceptors (Lipinski definition) is 3. The second kappa shape index (κ2) is 6.10. The van der Waals surface area contributed by atoms with Crippen molar-refractivity contribution in [3.8, 4) is 0 Å². The molecule has 1 aromatic rings. The molecule has 1 fully saturated rings. The second-order valence-electron chi connectivity index (χ2n) is 6.63. The molecule has 0 bridgehead atoms. The van der Waals surface area contributed by atoms with Crippen LogP contribution in [0.4, 0.5) is 0 Å². The summed E-state index contributed by atoms with van der Waals surface area (Å²) in [5, 5.41) is 3.23. The summed E-state index contributed by atoms with van der Waals surface area (Å²) < 4.78 is 29.0. The number of nitrogens with zero attached hydrogens (tertiary/aromatic N) is 2. The summed E-state index contributed by atoms with van der Waals surface area (Å²) in [6.07, 6.45) is 3.56. The number of sulfonamides is 1. The summed E-state index contributed by atoms with van der Waals surface area (Å²) in [6.45, 7) is 9.24. The molecule has 0 saturated carbocycles. The summed E-state index contributed by atoms with van der Waals surface area (Å²) in [4.78, 5) is 0.414. The first-order valence-electron chi connectivity index (χ1n) is 7.62. The minimum absolute atomic E-state index is 0.249. The molecular weight excluding hydrogens is 286 g/mol. The summed E-state index contributed by atoms with van der Waals surface area (Å²) in [7, 11) is -1.46. The topological polar surface area (TPSA) is 54.3 Å². The molecule has 0 aliphatic carbocycles. The van der Waals surface area contributed by atoms with E-state index in [1.807, 2.05) is 18.5 Å². The molecule has 120 valence electrons. The van der Waals surface area contributed by atoms with E-state index < -0.39 is 10.0 Å². The first-order chi connectivity index (χ1) is 9.76. The molecule has 21 heavy (non-hydrogen) atoms. The molecule has 6 heteroatoms. The van der Waals surface area contributed by atoms with Crippen LogP contribution in [0.2, 0.25) is 0 Å². The van der Waals surface area contributed by atoms with Crippen LogP contribution in [0.3, 0.4) is 0 Å². The Hall–Kier alpha value is -0.850. The lowest BCUT2D eigenvalue weighted by atomic mass is 9.83. The highest BCUT2D eigenvalue weighted by Gasteiger charge is 2.33. The SMILES string of the molecule is CCNCc1cc(S(=O)(=O)N2CCC(C)(C)CC2)cn1C. The monoisotopic (exact) mass is 313 g/mol. The molecule has 0 unspecified atom stereocenters. The molecule has 0 amide bonds. The van der Waals surface area contributed by atoms with Crippen molar-refractivity contribution in [2.24, 2.45) is 12.5 Å². The van der Waals surface area contributed by atoms with Crippen molar-refractivity contribution >= 4 is 10.0 Å². The van der Waals surface area contributed by atoms with Crippen LogP contribution in [0.5, 0.6) is 0 Å². The zero-order valence-corrected chi connectivity index (χ0v) is 14.3. The Bertz CT molecular complexity index is 580. The average molecular weight is 313 g/mol. The highest BCUT2D eigenvalue weighted by atomic mass is 32.2. The van der Waals surface area contributed by atoms with Gasteiger partial charge in [-0.3, -0.25) is 0 Å². The molecule has 1 aliphatic heterocycles. The van der Waals surface area contributed by atoms with E-state index in [2.05, 4.69) is 19.2 Å². The maximum absolute atomic E-state index is 12.7. The van der Waals surface area contributed by atoms with E-state index in [9.17, 15) is 8.42 Å². The van der Waals surface area contributed by atoms with Crippen molar-refractivity contribution in [3.63, 3.8) is 0 Å². The standard InChI is InChI=1S/C15H27N3O2S/c1-5-16-11-13-10-14(12-17(13)4)21(19,20)18-8-6-15(2,3)7-9-18/h10,12,16H,5-9,11H2,1-4H3. The van der Waals surface area contributed by atoms with Crippen LogP contribution in [0.1, 0.15) is 39.3 Å². The molecule has 1 aromatic heterocycles. The Morgan fingerprint density at radius 1 is 1.29 bits per heavy atom. The summed E-state index contributed by atoms with van der Waals surface area (Å²) >= 11 is 0. The third-order valence-corrected chi connectivity index (χ3v) is 6.22. The molecule has 0 aromatic carbocycles. The van der Waals surface area contributed by atoms with Crippen molar-refractivity contribution in [2.75, 3.05) is 19.6 Å². The predicted molar refractivity (Wildman–Crippen MR) is 84.6 cm³/mol. The maximum Gasteiger partial charge on any atom is 0.244 e. The Morgan fingerprint density at radius 2 is 1.90 bits per heavy atom. The summed E-state index contributed by atoms with van der Waals surface area (Å²) in [6, 6.07) is 1.79. The maximum atomic E-state index is 12.7. The number of rotatable bonds is 5. The van der Waals surface area contributed by atoms with Gasteiger partial charge in [-0.2, -0.15) is 4.31 Å². The van der Waals surface area contributed by atoms with Gasteiger partial charge in [0.05, 0.1) is 0 Å². The molecule has 0 radical (unpaired) electrons. The van der Waals surface area contributed by atoms with Gasteiger partial charge in [0.25, 0.3) is 0 Å². The van der Waals surface area contributed by atoms with E-state index in [1.165, 1.54) is 0 Å². The van der Waals surface area contributed by atoms with Gasteiger partial charge in [0.2, 0.25) is 10.0 Å². The van der Waals surface area contributed by atoms with Gasteiger partial charge in [-0.05, 0) is 30.9 Å². The highest BCUT2D eigenvalue weighted by molar-refractivity contribution is 7.89. The van der Waals surface area contributed by atoms with Gasteiger partial charge in [-0.15, -0.1) is 0 Å². The van der Waals surface area contributed by atoms with Crippen molar-refractivity contribution in [1.29, 1.82) is 0 Å². The molecular formula is C15H27N3O2S. The van der Waals surface area contributed by atoms with Crippen LogP contribution in [-0.4, -0.2) is 36.9 Å². The minimum atomic E-state index is -3.35. The van der Waals surface area contributed by atoms with E-state index in [0.29, 0.717) is 24.5 Å². The van der Waals surface area contributed by atoms with Crippen LogP contribution >= 0.6 is 0 Å². The van der Waals surface area contributed by atoms with Gasteiger partial charge in [0, 0.05) is 38.6 Å². The van der Waals surface area contributed by atoms with Gasteiger partial charge < -0.3 is 9.88 Å². The van der Waals surface area contributed by atoms with Gasteiger partial charge in [0.1, 0.15) is 4.90 Å². The number of aryl methyl sites for hydroxylation is 1. The van der Waals surface area contributed by atoms with E-state index in [1.54, 1.807) is 16.6 Å².